The molecule has 1 heterocycles. The molecule has 7 nitrogen and oxygen atoms in total. The third kappa shape index (κ3) is 5.50. The second-order valence-electron chi connectivity index (χ2n) is 10.9. The van der Waals surface area contributed by atoms with Crippen LogP contribution in [0.2, 0.25) is 0 Å². The molecule has 36 heavy (non-hydrogen) atoms. The number of carbonyl (C=O) groups excluding carboxylic acids is 3. The Morgan fingerprint density at radius 1 is 1.14 bits per heavy atom. The first kappa shape index (κ1) is 29.9. The van der Waals surface area contributed by atoms with Crippen LogP contribution in [-0.4, -0.2) is 71.3 Å². The third-order valence-corrected chi connectivity index (χ3v) is 7.94. The number of likely N-dealkylation sites (N-methyl/N-ethyl adjacent to an activating group) is 1. The first-order chi connectivity index (χ1) is 16.9. The summed E-state index contributed by atoms with van der Waals surface area (Å²) in [7, 11) is 0. The van der Waals surface area contributed by atoms with Crippen LogP contribution in [0.4, 0.5) is 13.2 Å². The highest BCUT2D eigenvalue weighted by atomic mass is 19.3. The molecule has 1 N–H and O–H groups in total. The van der Waals surface area contributed by atoms with Crippen molar-refractivity contribution in [2.75, 3.05) is 13.1 Å². The first-order valence-corrected chi connectivity index (χ1v) is 13.1. The van der Waals surface area contributed by atoms with Crippen molar-refractivity contribution in [3.63, 3.8) is 0 Å². The standard InChI is InChI=1S/C24H35F3N4O3.C2H6/c1-6-13(10-28)30(7-2)22(33)18-17-14-8-12(9-16(14)25)15(17)11-31(18)23(34)19(24(3,4)5)29-21(32)20(26)27;1-2/h12-20H,6-9,11H2,1-5H3,(H,29,32);1-2H3. The summed E-state index contributed by atoms with van der Waals surface area (Å²) in [5, 5.41) is 11.7. The quantitative estimate of drug-likeness (QED) is 0.560. The lowest BCUT2D eigenvalue weighted by Gasteiger charge is -2.39. The highest BCUT2D eigenvalue weighted by Crippen LogP contribution is 2.58. The van der Waals surface area contributed by atoms with E-state index in [1.54, 1.807) is 34.6 Å². The van der Waals surface area contributed by atoms with Crippen molar-refractivity contribution in [1.82, 2.24) is 15.1 Å². The summed E-state index contributed by atoms with van der Waals surface area (Å²) in [6.45, 7) is 12.9. The lowest BCUT2D eigenvalue weighted by Crippen LogP contribution is -2.60. The normalized spacial score (nSPS) is 30.1. The number of amides is 3. The zero-order valence-electron chi connectivity index (χ0n) is 22.4. The van der Waals surface area contributed by atoms with Gasteiger partial charge < -0.3 is 15.1 Å². The molecule has 3 aliphatic rings. The lowest BCUT2D eigenvalue weighted by molar-refractivity contribution is -0.150. The van der Waals surface area contributed by atoms with Crippen molar-refractivity contribution < 1.29 is 27.6 Å². The van der Waals surface area contributed by atoms with Gasteiger partial charge in [0, 0.05) is 13.1 Å². The average molecular weight is 515 g/mol. The molecule has 2 saturated carbocycles. The molecule has 2 bridgehead atoms. The van der Waals surface area contributed by atoms with Crippen LogP contribution in [0.15, 0.2) is 0 Å². The van der Waals surface area contributed by atoms with Crippen LogP contribution in [0.3, 0.4) is 0 Å². The molecule has 0 radical (unpaired) electrons. The van der Waals surface area contributed by atoms with Gasteiger partial charge in [-0.25, -0.2) is 4.39 Å². The number of nitrogens with zero attached hydrogens (tertiary/aromatic N) is 3. The molecular weight excluding hydrogens is 473 g/mol. The summed E-state index contributed by atoms with van der Waals surface area (Å²) < 4.78 is 40.8. The number of alkyl halides is 3. The Labute approximate surface area is 212 Å². The number of nitriles is 1. The largest absolute Gasteiger partial charge is 0.339 e. The number of hydrogen-bond acceptors (Lipinski definition) is 4. The smallest absolute Gasteiger partial charge is 0.315 e. The fourth-order valence-electron chi connectivity index (χ4n) is 6.35. The number of nitrogens with one attached hydrogen (secondary N) is 1. The van der Waals surface area contributed by atoms with Gasteiger partial charge in [-0.05, 0) is 55.3 Å². The number of likely N-dealkylation sites (tertiary alicyclic amines) is 1. The summed E-state index contributed by atoms with van der Waals surface area (Å²) >= 11 is 0. The van der Waals surface area contributed by atoms with Gasteiger partial charge in [0.25, 0.3) is 5.91 Å². The molecule has 8 unspecified atom stereocenters. The molecule has 0 aromatic rings. The Kier molecular flexibility index (Phi) is 9.83. The van der Waals surface area contributed by atoms with Gasteiger partial charge in [0.2, 0.25) is 11.8 Å². The average Bonchev–Trinajstić information content (AvgIpc) is 3.50. The fraction of sp³-hybridized carbons (Fsp3) is 0.846. The second-order valence-corrected chi connectivity index (χ2v) is 10.9. The van der Waals surface area contributed by atoms with Crippen LogP contribution in [-0.2, 0) is 14.4 Å². The molecule has 8 atom stereocenters. The molecule has 1 aliphatic heterocycles. The summed E-state index contributed by atoms with van der Waals surface area (Å²) in [5.74, 6) is -3.34. The topological polar surface area (TPSA) is 93.5 Å². The number of fused-ring (bicyclic) bond motifs is 5. The summed E-state index contributed by atoms with van der Waals surface area (Å²) in [6.07, 6.45) is -2.88. The van der Waals surface area contributed by atoms with E-state index in [2.05, 4.69) is 11.4 Å². The minimum Gasteiger partial charge on any atom is -0.339 e. The van der Waals surface area contributed by atoms with E-state index in [9.17, 15) is 32.8 Å². The van der Waals surface area contributed by atoms with Crippen molar-refractivity contribution in [2.45, 2.75) is 98.5 Å². The van der Waals surface area contributed by atoms with E-state index >= 15 is 0 Å². The second kappa shape index (κ2) is 11.8. The van der Waals surface area contributed by atoms with Crippen LogP contribution >= 0.6 is 0 Å². The van der Waals surface area contributed by atoms with Crippen LogP contribution in [0.5, 0.6) is 0 Å². The molecule has 3 rings (SSSR count). The van der Waals surface area contributed by atoms with E-state index in [0.29, 0.717) is 19.3 Å². The maximum atomic E-state index is 14.8. The Morgan fingerprint density at radius 3 is 2.22 bits per heavy atom. The number of hydrogen-bond donors (Lipinski definition) is 1. The zero-order chi connectivity index (χ0) is 27.5. The maximum Gasteiger partial charge on any atom is 0.315 e. The molecule has 1 saturated heterocycles. The molecule has 204 valence electrons. The van der Waals surface area contributed by atoms with Crippen molar-refractivity contribution in [3.8, 4) is 6.07 Å². The highest BCUT2D eigenvalue weighted by molar-refractivity contribution is 5.94. The van der Waals surface area contributed by atoms with Gasteiger partial charge in [-0.15, -0.1) is 0 Å². The maximum absolute atomic E-state index is 14.8. The number of carbonyl (C=O) groups is 3. The van der Waals surface area contributed by atoms with Gasteiger partial charge in [-0.1, -0.05) is 41.5 Å². The zero-order valence-corrected chi connectivity index (χ0v) is 22.4. The van der Waals surface area contributed by atoms with Crippen molar-refractivity contribution in [2.24, 2.45) is 29.1 Å². The van der Waals surface area contributed by atoms with E-state index in [0.717, 1.165) is 0 Å². The molecule has 3 fully saturated rings. The molecule has 0 aromatic carbocycles. The minimum atomic E-state index is -3.28. The Morgan fingerprint density at radius 2 is 1.75 bits per heavy atom. The van der Waals surface area contributed by atoms with Crippen molar-refractivity contribution in [3.05, 3.63) is 0 Å². The monoisotopic (exact) mass is 514 g/mol. The molecule has 2 aliphatic carbocycles. The van der Waals surface area contributed by atoms with Gasteiger partial charge in [-0.3, -0.25) is 14.4 Å². The first-order valence-electron chi connectivity index (χ1n) is 13.1. The van der Waals surface area contributed by atoms with Crippen molar-refractivity contribution in [1.29, 1.82) is 5.26 Å². The van der Waals surface area contributed by atoms with Gasteiger partial charge in [0.05, 0.1) is 6.07 Å². The van der Waals surface area contributed by atoms with E-state index < -0.39 is 53.9 Å². The van der Waals surface area contributed by atoms with Crippen LogP contribution < -0.4 is 5.32 Å². The van der Waals surface area contributed by atoms with Crippen molar-refractivity contribution >= 4 is 17.7 Å². The predicted molar refractivity (Wildman–Crippen MR) is 129 cm³/mol. The minimum absolute atomic E-state index is 0.0508. The Balaban J connectivity index is 0.00000222. The Bertz CT molecular complexity index is 856. The predicted octanol–water partition coefficient (Wildman–Crippen LogP) is 3.78. The molecule has 0 aromatic heterocycles. The Hall–Kier alpha value is -2.31. The summed E-state index contributed by atoms with van der Waals surface area (Å²) in [4.78, 5) is 42.2. The van der Waals surface area contributed by atoms with Crippen LogP contribution in [0.25, 0.3) is 0 Å². The molecule has 10 heteroatoms. The van der Waals surface area contributed by atoms with Crippen LogP contribution in [0, 0.1) is 40.4 Å². The van der Waals surface area contributed by atoms with Crippen LogP contribution in [0.1, 0.15) is 67.7 Å². The van der Waals surface area contributed by atoms with Gasteiger partial charge in [0.1, 0.15) is 24.3 Å². The summed E-state index contributed by atoms with van der Waals surface area (Å²) in [6, 6.07) is -0.830. The number of rotatable bonds is 7. The van der Waals surface area contributed by atoms with E-state index in [-0.39, 0.29) is 36.8 Å². The summed E-state index contributed by atoms with van der Waals surface area (Å²) in [5.41, 5.74) is -0.905. The molecular formula is C26H41F3N4O3. The number of halogens is 3. The van der Waals surface area contributed by atoms with E-state index in [1.807, 2.05) is 13.8 Å². The fourth-order valence-corrected chi connectivity index (χ4v) is 6.35. The highest BCUT2D eigenvalue weighted by Gasteiger charge is 2.63. The van der Waals surface area contributed by atoms with Gasteiger partial charge >= 0.3 is 6.43 Å². The SMILES string of the molecule is CC.CCC(C#N)N(CC)C(=O)C1C2C3CC(CC3F)C2CN1C(=O)C(NC(=O)C(F)F)C(C)(C)C. The lowest BCUT2D eigenvalue weighted by atomic mass is 9.77. The van der Waals surface area contributed by atoms with E-state index in [1.165, 1.54) is 9.80 Å². The third-order valence-electron chi connectivity index (χ3n) is 7.94. The van der Waals surface area contributed by atoms with E-state index in [4.69, 9.17) is 0 Å². The van der Waals surface area contributed by atoms with Gasteiger partial charge in [0.15, 0.2) is 0 Å². The molecule has 0 spiro atoms. The molecule has 3 amide bonds. The van der Waals surface area contributed by atoms with Gasteiger partial charge in [-0.2, -0.15) is 14.0 Å².